The van der Waals surface area contributed by atoms with Crippen LogP contribution in [0.2, 0.25) is 0 Å². The van der Waals surface area contributed by atoms with Crippen molar-refractivity contribution in [3.63, 3.8) is 0 Å². The third kappa shape index (κ3) is 3.83. The van der Waals surface area contributed by atoms with E-state index in [1.54, 1.807) is 0 Å². The van der Waals surface area contributed by atoms with Crippen molar-refractivity contribution in [2.24, 2.45) is 0 Å². The normalized spacial score (nSPS) is 12.8. The summed E-state index contributed by atoms with van der Waals surface area (Å²) < 4.78 is 5.31. The van der Waals surface area contributed by atoms with Gasteiger partial charge in [-0.15, -0.1) is 11.8 Å². The SMILES string of the molecule is CCO/C(C)=C(/C)SCC. The van der Waals surface area contributed by atoms with E-state index in [0.29, 0.717) is 0 Å². The molecule has 0 aliphatic heterocycles. The van der Waals surface area contributed by atoms with Gasteiger partial charge in [0, 0.05) is 4.91 Å². The lowest BCUT2D eigenvalue weighted by Crippen LogP contribution is -1.88. The average Bonchev–Trinajstić information content (AvgIpc) is 1.89. The monoisotopic (exact) mass is 160 g/mol. The highest BCUT2D eigenvalue weighted by molar-refractivity contribution is 8.03. The van der Waals surface area contributed by atoms with E-state index in [1.807, 2.05) is 25.6 Å². The Morgan fingerprint density at radius 1 is 1.30 bits per heavy atom. The highest BCUT2D eigenvalue weighted by Gasteiger charge is 1.94. The molecule has 0 heterocycles. The second kappa shape index (κ2) is 5.66. The van der Waals surface area contributed by atoms with Gasteiger partial charge in [0.05, 0.1) is 6.61 Å². The summed E-state index contributed by atoms with van der Waals surface area (Å²) in [5.74, 6) is 2.19. The Labute approximate surface area is 67.8 Å². The molecule has 0 N–H and O–H groups in total. The van der Waals surface area contributed by atoms with Gasteiger partial charge >= 0.3 is 0 Å². The number of hydrogen-bond acceptors (Lipinski definition) is 2. The van der Waals surface area contributed by atoms with E-state index in [-0.39, 0.29) is 0 Å². The Hall–Kier alpha value is -0.110. The van der Waals surface area contributed by atoms with Crippen LogP contribution in [0.15, 0.2) is 10.7 Å². The summed E-state index contributed by atoms with van der Waals surface area (Å²) in [5.41, 5.74) is 0. The summed E-state index contributed by atoms with van der Waals surface area (Å²) in [6.45, 7) is 9.04. The molecule has 0 saturated heterocycles. The van der Waals surface area contributed by atoms with Crippen LogP contribution >= 0.6 is 11.8 Å². The molecule has 0 aliphatic rings. The quantitative estimate of drug-likeness (QED) is 0.585. The smallest absolute Gasteiger partial charge is 0.102 e. The summed E-state index contributed by atoms with van der Waals surface area (Å²) in [7, 11) is 0. The molecule has 0 spiro atoms. The van der Waals surface area contributed by atoms with E-state index in [4.69, 9.17) is 4.74 Å². The van der Waals surface area contributed by atoms with Gasteiger partial charge in [-0.2, -0.15) is 0 Å². The fourth-order valence-corrected chi connectivity index (χ4v) is 1.33. The first-order chi connectivity index (χ1) is 4.72. The molecule has 0 rings (SSSR count). The maximum absolute atomic E-state index is 5.31. The predicted octanol–water partition coefficient (Wildman–Crippen LogP) is 3.03. The van der Waals surface area contributed by atoms with Gasteiger partial charge in [-0.25, -0.2) is 0 Å². The van der Waals surface area contributed by atoms with Crippen molar-refractivity contribution in [1.82, 2.24) is 0 Å². The van der Waals surface area contributed by atoms with Crippen molar-refractivity contribution in [1.29, 1.82) is 0 Å². The summed E-state index contributed by atoms with van der Waals surface area (Å²) in [5, 5.41) is 0. The van der Waals surface area contributed by atoms with Gasteiger partial charge in [-0.1, -0.05) is 6.92 Å². The molecule has 0 unspecified atom stereocenters. The van der Waals surface area contributed by atoms with Gasteiger partial charge in [0.25, 0.3) is 0 Å². The van der Waals surface area contributed by atoms with Crippen LogP contribution in [-0.2, 0) is 4.74 Å². The Balaban J connectivity index is 3.79. The molecule has 0 aliphatic carbocycles. The number of hydrogen-bond donors (Lipinski definition) is 0. The molecule has 0 amide bonds. The minimum absolute atomic E-state index is 0.771. The zero-order chi connectivity index (χ0) is 7.98. The van der Waals surface area contributed by atoms with E-state index >= 15 is 0 Å². The fraction of sp³-hybridized carbons (Fsp3) is 0.750. The van der Waals surface area contributed by atoms with E-state index in [2.05, 4.69) is 13.8 Å². The maximum atomic E-state index is 5.31. The van der Waals surface area contributed by atoms with Gasteiger partial charge in [-0.05, 0) is 26.5 Å². The molecule has 60 valence electrons. The van der Waals surface area contributed by atoms with Gasteiger partial charge in [0.1, 0.15) is 5.76 Å². The molecule has 0 saturated carbocycles. The number of thioether (sulfide) groups is 1. The number of rotatable bonds is 4. The van der Waals surface area contributed by atoms with E-state index in [1.165, 1.54) is 4.91 Å². The second-order valence-corrected chi connectivity index (χ2v) is 3.46. The topological polar surface area (TPSA) is 9.23 Å². The largest absolute Gasteiger partial charge is 0.498 e. The molecule has 0 radical (unpaired) electrons. The molecular weight excluding hydrogens is 144 g/mol. The molecule has 0 aromatic carbocycles. The van der Waals surface area contributed by atoms with Crippen molar-refractivity contribution in [3.8, 4) is 0 Å². The molecular formula is C8H16OS. The van der Waals surface area contributed by atoms with Crippen LogP contribution in [-0.4, -0.2) is 12.4 Å². The highest BCUT2D eigenvalue weighted by Crippen LogP contribution is 2.18. The molecule has 0 aromatic rings. The lowest BCUT2D eigenvalue weighted by molar-refractivity contribution is 0.230. The number of allylic oxidation sites excluding steroid dienone is 2. The van der Waals surface area contributed by atoms with E-state index in [9.17, 15) is 0 Å². The molecule has 0 fully saturated rings. The Bertz CT molecular complexity index is 104. The van der Waals surface area contributed by atoms with Crippen LogP contribution in [0, 0.1) is 0 Å². The third-order valence-electron chi connectivity index (χ3n) is 1.22. The van der Waals surface area contributed by atoms with E-state index in [0.717, 1.165) is 18.1 Å². The summed E-state index contributed by atoms with van der Waals surface area (Å²) >= 11 is 1.83. The Morgan fingerprint density at radius 3 is 2.30 bits per heavy atom. The molecule has 0 atom stereocenters. The lowest BCUT2D eigenvalue weighted by atomic mass is 10.5. The van der Waals surface area contributed by atoms with Crippen molar-refractivity contribution in [3.05, 3.63) is 10.7 Å². The van der Waals surface area contributed by atoms with Crippen LogP contribution in [0.4, 0.5) is 0 Å². The zero-order valence-electron chi connectivity index (χ0n) is 7.23. The van der Waals surface area contributed by atoms with Crippen LogP contribution in [0.3, 0.4) is 0 Å². The van der Waals surface area contributed by atoms with Crippen LogP contribution in [0.25, 0.3) is 0 Å². The van der Waals surface area contributed by atoms with Crippen molar-refractivity contribution < 1.29 is 4.74 Å². The highest BCUT2D eigenvalue weighted by atomic mass is 32.2. The lowest BCUT2D eigenvalue weighted by Gasteiger charge is -2.06. The predicted molar refractivity (Wildman–Crippen MR) is 48.1 cm³/mol. The molecule has 2 heteroatoms. The van der Waals surface area contributed by atoms with Crippen LogP contribution in [0.1, 0.15) is 27.7 Å². The Kier molecular flexibility index (Phi) is 5.60. The van der Waals surface area contributed by atoms with Crippen LogP contribution in [0.5, 0.6) is 0 Å². The van der Waals surface area contributed by atoms with Gasteiger partial charge in [-0.3, -0.25) is 0 Å². The zero-order valence-corrected chi connectivity index (χ0v) is 8.05. The second-order valence-electron chi connectivity index (χ2n) is 1.98. The minimum atomic E-state index is 0.771. The summed E-state index contributed by atoms with van der Waals surface area (Å²) in [6.07, 6.45) is 0. The number of ether oxygens (including phenoxy) is 1. The van der Waals surface area contributed by atoms with Crippen molar-refractivity contribution in [2.75, 3.05) is 12.4 Å². The van der Waals surface area contributed by atoms with Gasteiger partial charge in [0.15, 0.2) is 0 Å². The van der Waals surface area contributed by atoms with Crippen molar-refractivity contribution in [2.45, 2.75) is 27.7 Å². The first kappa shape index (κ1) is 9.89. The van der Waals surface area contributed by atoms with E-state index < -0.39 is 0 Å². The molecule has 0 bridgehead atoms. The first-order valence-electron chi connectivity index (χ1n) is 3.65. The van der Waals surface area contributed by atoms with Crippen molar-refractivity contribution >= 4 is 11.8 Å². The minimum Gasteiger partial charge on any atom is -0.498 e. The summed E-state index contributed by atoms with van der Waals surface area (Å²) in [6, 6.07) is 0. The Morgan fingerprint density at radius 2 is 1.90 bits per heavy atom. The molecule has 10 heavy (non-hydrogen) atoms. The van der Waals surface area contributed by atoms with Gasteiger partial charge < -0.3 is 4.74 Å². The summed E-state index contributed by atoms with van der Waals surface area (Å²) in [4.78, 5) is 1.30. The molecule has 1 nitrogen and oxygen atoms in total. The average molecular weight is 160 g/mol. The van der Waals surface area contributed by atoms with Crippen LogP contribution < -0.4 is 0 Å². The fourth-order valence-electron chi connectivity index (χ4n) is 0.636. The molecule has 0 aromatic heterocycles. The first-order valence-corrected chi connectivity index (χ1v) is 4.64. The van der Waals surface area contributed by atoms with Gasteiger partial charge in [0.2, 0.25) is 0 Å². The maximum Gasteiger partial charge on any atom is 0.102 e. The third-order valence-corrected chi connectivity index (χ3v) is 2.23. The standard InChI is InChI=1S/C8H16OS/c1-5-9-7(3)8(4)10-6-2/h5-6H2,1-4H3/b8-7-.